The van der Waals surface area contributed by atoms with Crippen LogP contribution in [0.2, 0.25) is 0 Å². The molecular weight excluding hydrogens is 432 g/mol. The van der Waals surface area contributed by atoms with Gasteiger partial charge in [-0.15, -0.1) is 0 Å². The number of ether oxygens (including phenoxy) is 2. The number of carbonyl (C=O) groups excluding carboxylic acids is 2. The third-order valence-electron chi connectivity index (χ3n) is 6.38. The van der Waals surface area contributed by atoms with E-state index in [9.17, 15) is 14.7 Å². The summed E-state index contributed by atoms with van der Waals surface area (Å²) in [5, 5.41) is 16.5. The molecule has 0 spiro atoms. The van der Waals surface area contributed by atoms with E-state index in [1.54, 1.807) is 31.4 Å². The van der Waals surface area contributed by atoms with Crippen molar-refractivity contribution in [2.75, 3.05) is 19.5 Å². The van der Waals surface area contributed by atoms with Crippen molar-refractivity contribution >= 4 is 17.4 Å². The van der Waals surface area contributed by atoms with Gasteiger partial charge in [-0.05, 0) is 48.6 Å². The number of nitrogens with one attached hydrogen (secondary N) is 2. The van der Waals surface area contributed by atoms with E-state index in [1.807, 2.05) is 19.1 Å². The lowest BCUT2D eigenvalue weighted by atomic mass is 9.68. The molecule has 0 bridgehead atoms. The van der Waals surface area contributed by atoms with E-state index in [-0.39, 0.29) is 28.6 Å². The smallest absolute Gasteiger partial charge is 0.254 e. The summed E-state index contributed by atoms with van der Waals surface area (Å²) in [6.07, 6.45) is 1.08. The summed E-state index contributed by atoms with van der Waals surface area (Å²) in [5.74, 6) is -0.128. The zero-order chi connectivity index (χ0) is 24.6. The molecule has 0 saturated carbocycles. The Morgan fingerprint density at radius 3 is 2.50 bits per heavy atom. The van der Waals surface area contributed by atoms with E-state index in [0.29, 0.717) is 46.7 Å². The van der Waals surface area contributed by atoms with Gasteiger partial charge in [0.15, 0.2) is 17.3 Å². The van der Waals surface area contributed by atoms with Crippen molar-refractivity contribution < 1.29 is 24.2 Å². The van der Waals surface area contributed by atoms with E-state index in [1.165, 1.54) is 13.2 Å². The number of para-hydroxylation sites is 2. The standard InChI is InChI=1S/C27H30N2O5/c1-15-23(26(32)29-17-8-6-7-9-21(17)33-4)24(16-10-11-19(30)22(12-16)34-5)25-18(28-15)13-27(2,3)14-20(25)31/h6-12,24,28,30H,13-14H2,1-5H3,(H,29,32). The second-order valence-electron chi connectivity index (χ2n) is 9.52. The predicted molar refractivity (Wildman–Crippen MR) is 130 cm³/mol. The van der Waals surface area contributed by atoms with Gasteiger partial charge in [0.25, 0.3) is 5.91 Å². The van der Waals surface area contributed by atoms with Gasteiger partial charge in [0.2, 0.25) is 0 Å². The average Bonchev–Trinajstić information content (AvgIpc) is 2.78. The SMILES string of the molecule is COc1cc(C2C(C(=O)Nc3ccccc3OC)=C(C)NC3=C2C(=O)CC(C)(C)C3)ccc1O. The van der Waals surface area contributed by atoms with Crippen LogP contribution in [0.5, 0.6) is 17.2 Å². The summed E-state index contributed by atoms with van der Waals surface area (Å²) < 4.78 is 10.7. The van der Waals surface area contributed by atoms with Crippen LogP contribution in [0.3, 0.4) is 0 Å². The van der Waals surface area contributed by atoms with E-state index < -0.39 is 5.92 Å². The minimum Gasteiger partial charge on any atom is -0.504 e. The molecule has 3 N–H and O–H groups in total. The molecule has 1 aliphatic heterocycles. The quantitative estimate of drug-likeness (QED) is 0.598. The minimum absolute atomic E-state index is 0.00545. The summed E-state index contributed by atoms with van der Waals surface area (Å²) in [5.41, 5.74) is 3.58. The van der Waals surface area contributed by atoms with E-state index in [2.05, 4.69) is 24.5 Å². The number of benzene rings is 2. The van der Waals surface area contributed by atoms with Gasteiger partial charge in [0.05, 0.1) is 19.9 Å². The number of phenolic OH excluding ortho intramolecular Hbond substituents is 1. The molecule has 0 saturated heterocycles. The van der Waals surface area contributed by atoms with Crippen LogP contribution in [0.25, 0.3) is 0 Å². The van der Waals surface area contributed by atoms with Crippen molar-refractivity contribution in [2.24, 2.45) is 5.41 Å². The fourth-order valence-electron chi connectivity index (χ4n) is 4.88. The number of anilines is 1. The number of ketones is 1. The first-order valence-corrected chi connectivity index (χ1v) is 11.2. The first kappa shape index (κ1) is 23.4. The second-order valence-corrected chi connectivity index (χ2v) is 9.52. The van der Waals surface area contributed by atoms with Crippen LogP contribution in [0, 0.1) is 5.41 Å². The van der Waals surface area contributed by atoms with Crippen LogP contribution < -0.4 is 20.1 Å². The van der Waals surface area contributed by atoms with Crippen molar-refractivity contribution in [2.45, 2.75) is 39.5 Å². The molecule has 2 aromatic rings. The van der Waals surface area contributed by atoms with Gasteiger partial charge in [-0.3, -0.25) is 9.59 Å². The highest BCUT2D eigenvalue weighted by atomic mass is 16.5. The lowest BCUT2D eigenvalue weighted by Crippen LogP contribution is -2.39. The number of hydrogen-bond donors (Lipinski definition) is 3. The molecule has 0 aromatic heterocycles. The van der Waals surface area contributed by atoms with E-state index in [0.717, 1.165) is 5.70 Å². The predicted octanol–water partition coefficient (Wildman–Crippen LogP) is 4.65. The van der Waals surface area contributed by atoms with Gasteiger partial charge in [0, 0.05) is 34.9 Å². The molecular formula is C27H30N2O5. The van der Waals surface area contributed by atoms with Gasteiger partial charge in [-0.2, -0.15) is 0 Å². The molecule has 1 amide bonds. The van der Waals surface area contributed by atoms with Gasteiger partial charge in [-0.25, -0.2) is 0 Å². The third kappa shape index (κ3) is 4.25. The van der Waals surface area contributed by atoms with Crippen molar-refractivity contribution in [1.82, 2.24) is 5.32 Å². The number of hydrogen-bond acceptors (Lipinski definition) is 6. The summed E-state index contributed by atoms with van der Waals surface area (Å²) in [6.45, 7) is 5.98. The molecule has 7 nitrogen and oxygen atoms in total. The number of amides is 1. The highest BCUT2D eigenvalue weighted by Gasteiger charge is 2.43. The second kappa shape index (κ2) is 8.89. The van der Waals surface area contributed by atoms with Gasteiger partial charge >= 0.3 is 0 Å². The number of Topliss-reactive ketones (excluding diaryl/α,β-unsaturated/α-hetero) is 1. The Kier molecular flexibility index (Phi) is 6.13. The van der Waals surface area contributed by atoms with Crippen LogP contribution in [-0.2, 0) is 9.59 Å². The molecule has 1 aliphatic carbocycles. The molecule has 2 aromatic carbocycles. The molecule has 34 heavy (non-hydrogen) atoms. The van der Waals surface area contributed by atoms with Crippen LogP contribution in [-0.4, -0.2) is 31.0 Å². The van der Waals surface area contributed by atoms with Crippen molar-refractivity contribution in [1.29, 1.82) is 0 Å². The maximum absolute atomic E-state index is 13.7. The monoisotopic (exact) mass is 462 g/mol. The highest BCUT2D eigenvalue weighted by Crippen LogP contribution is 2.47. The number of rotatable bonds is 5. The highest BCUT2D eigenvalue weighted by molar-refractivity contribution is 6.10. The Morgan fingerprint density at radius 1 is 1.09 bits per heavy atom. The van der Waals surface area contributed by atoms with Crippen molar-refractivity contribution in [3.63, 3.8) is 0 Å². The molecule has 1 heterocycles. The van der Waals surface area contributed by atoms with Crippen LogP contribution in [0.1, 0.15) is 45.1 Å². The molecule has 1 unspecified atom stereocenters. The molecule has 0 radical (unpaired) electrons. The fraction of sp³-hybridized carbons (Fsp3) is 0.333. The number of phenols is 1. The van der Waals surface area contributed by atoms with Crippen LogP contribution in [0.4, 0.5) is 5.69 Å². The van der Waals surface area contributed by atoms with Gasteiger partial charge in [0.1, 0.15) is 5.75 Å². The van der Waals surface area contributed by atoms with Crippen molar-refractivity contribution in [3.05, 3.63) is 70.6 Å². The summed E-state index contributed by atoms with van der Waals surface area (Å²) >= 11 is 0. The van der Waals surface area contributed by atoms with E-state index in [4.69, 9.17) is 9.47 Å². The molecule has 2 aliphatic rings. The van der Waals surface area contributed by atoms with Gasteiger partial charge < -0.3 is 25.2 Å². The first-order valence-electron chi connectivity index (χ1n) is 11.2. The Bertz CT molecular complexity index is 1230. The minimum atomic E-state index is -0.607. The van der Waals surface area contributed by atoms with Gasteiger partial charge in [-0.1, -0.05) is 32.0 Å². The molecule has 7 heteroatoms. The molecule has 178 valence electrons. The Hall–Kier alpha value is -3.74. The maximum atomic E-state index is 13.7. The lowest BCUT2D eigenvalue weighted by Gasteiger charge is -2.39. The lowest BCUT2D eigenvalue weighted by molar-refractivity contribution is -0.118. The summed E-state index contributed by atoms with van der Waals surface area (Å²) in [4.78, 5) is 27.1. The first-order chi connectivity index (χ1) is 16.1. The number of dihydropyridines is 1. The number of carbonyl (C=O) groups is 2. The Labute approximate surface area is 199 Å². The zero-order valence-electron chi connectivity index (χ0n) is 20.1. The Balaban J connectivity index is 1.84. The largest absolute Gasteiger partial charge is 0.504 e. The molecule has 4 rings (SSSR count). The zero-order valence-corrected chi connectivity index (χ0v) is 20.1. The number of aromatic hydroxyl groups is 1. The number of allylic oxidation sites excluding steroid dienone is 3. The van der Waals surface area contributed by atoms with E-state index >= 15 is 0 Å². The topological polar surface area (TPSA) is 96.9 Å². The average molecular weight is 463 g/mol. The molecule has 1 atom stereocenters. The Morgan fingerprint density at radius 2 is 1.79 bits per heavy atom. The summed E-state index contributed by atoms with van der Waals surface area (Å²) in [7, 11) is 3.01. The van der Waals surface area contributed by atoms with Crippen LogP contribution >= 0.6 is 0 Å². The summed E-state index contributed by atoms with van der Waals surface area (Å²) in [6, 6.07) is 12.1. The maximum Gasteiger partial charge on any atom is 0.254 e. The van der Waals surface area contributed by atoms with Crippen molar-refractivity contribution in [3.8, 4) is 17.2 Å². The normalized spacial score (nSPS) is 19.3. The molecule has 0 fully saturated rings. The number of methoxy groups -OCH3 is 2. The fourth-order valence-corrected chi connectivity index (χ4v) is 4.88. The third-order valence-corrected chi connectivity index (χ3v) is 6.38. The van der Waals surface area contributed by atoms with Crippen LogP contribution in [0.15, 0.2) is 65.0 Å².